The van der Waals surface area contributed by atoms with Crippen molar-refractivity contribution < 1.29 is 21.7 Å². The molecule has 0 amide bonds. The molecule has 0 aromatic heterocycles. The SMILES string of the molecule is O=[N+]1CCCCC1.[Br-]. The summed E-state index contributed by atoms with van der Waals surface area (Å²) in [5.41, 5.74) is 0. The summed E-state index contributed by atoms with van der Waals surface area (Å²) in [5, 5.41) is 0. The lowest BCUT2D eigenvalue weighted by Gasteiger charge is -1.99. The highest BCUT2D eigenvalue weighted by molar-refractivity contribution is 4.43. The fourth-order valence-corrected chi connectivity index (χ4v) is 0.865. The molecule has 0 spiro atoms. The van der Waals surface area contributed by atoms with Gasteiger partial charge < -0.3 is 17.0 Å². The van der Waals surface area contributed by atoms with Gasteiger partial charge in [0, 0.05) is 17.7 Å². The van der Waals surface area contributed by atoms with Crippen LogP contribution >= 0.6 is 0 Å². The van der Waals surface area contributed by atoms with Gasteiger partial charge in [0.05, 0.1) is 0 Å². The molecule has 0 unspecified atom stereocenters. The predicted molar refractivity (Wildman–Crippen MR) is 27.2 cm³/mol. The average Bonchev–Trinajstić information content (AvgIpc) is 1.69. The van der Waals surface area contributed by atoms with Crippen molar-refractivity contribution >= 4 is 0 Å². The summed E-state index contributed by atoms with van der Waals surface area (Å²) in [7, 11) is 0. The van der Waals surface area contributed by atoms with E-state index in [1.54, 1.807) is 0 Å². The van der Waals surface area contributed by atoms with Crippen LogP contribution in [0.4, 0.5) is 0 Å². The van der Waals surface area contributed by atoms with Crippen molar-refractivity contribution in [2.75, 3.05) is 13.1 Å². The zero-order chi connectivity index (χ0) is 5.11. The predicted octanol–water partition coefficient (Wildman–Crippen LogP) is -2.05. The smallest absolute Gasteiger partial charge is 0.192 e. The van der Waals surface area contributed by atoms with E-state index in [-0.39, 0.29) is 17.0 Å². The lowest BCUT2D eigenvalue weighted by atomic mass is 10.2. The van der Waals surface area contributed by atoms with Crippen molar-refractivity contribution in [1.82, 2.24) is 0 Å². The molecule has 48 valence electrons. The van der Waals surface area contributed by atoms with Gasteiger partial charge >= 0.3 is 0 Å². The zero-order valence-electron chi connectivity index (χ0n) is 4.77. The van der Waals surface area contributed by atoms with E-state index in [1.165, 1.54) is 6.42 Å². The summed E-state index contributed by atoms with van der Waals surface area (Å²) < 4.78 is 1.14. The third-order valence-corrected chi connectivity index (χ3v) is 1.32. The number of nitrogens with zero attached hydrogens (tertiary/aromatic N) is 1. The molecule has 8 heavy (non-hydrogen) atoms. The summed E-state index contributed by atoms with van der Waals surface area (Å²) in [6.07, 6.45) is 3.45. The zero-order valence-corrected chi connectivity index (χ0v) is 6.35. The third kappa shape index (κ3) is 2.40. The van der Waals surface area contributed by atoms with Crippen molar-refractivity contribution in [1.29, 1.82) is 0 Å². The molecule has 1 rings (SSSR count). The fourth-order valence-electron chi connectivity index (χ4n) is 0.865. The second-order valence-electron chi connectivity index (χ2n) is 1.99. The van der Waals surface area contributed by atoms with Crippen LogP contribution < -0.4 is 17.0 Å². The molecular formula is C5H10BrNO. The summed E-state index contributed by atoms with van der Waals surface area (Å²) in [4.78, 5) is 10.4. The molecule has 1 fully saturated rings. The summed E-state index contributed by atoms with van der Waals surface area (Å²) >= 11 is 0. The largest absolute Gasteiger partial charge is 1.00 e. The van der Waals surface area contributed by atoms with Crippen LogP contribution in [0.15, 0.2) is 0 Å². The first-order valence-corrected chi connectivity index (χ1v) is 2.82. The van der Waals surface area contributed by atoms with E-state index < -0.39 is 0 Å². The molecule has 0 aromatic rings. The number of rotatable bonds is 0. The first kappa shape index (κ1) is 8.08. The molecule has 1 heterocycles. The molecule has 1 aliphatic rings. The lowest BCUT2D eigenvalue weighted by molar-refractivity contribution is -0.557. The van der Waals surface area contributed by atoms with Crippen LogP contribution in [0.3, 0.4) is 0 Å². The van der Waals surface area contributed by atoms with E-state index in [9.17, 15) is 4.91 Å². The van der Waals surface area contributed by atoms with E-state index in [1.807, 2.05) is 0 Å². The molecule has 0 saturated carbocycles. The second kappa shape index (κ2) is 4.01. The molecular weight excluding hydrogens is 170 g/mol. The molecule has 2 nitrogen and oxygen atoms in total. The molecule has 0 radical (unpaired) electrons. The molecule has 0 atom stereocenters. The fraction of sp³-hybridized carbons (Fsp3) is 1.00. The maximum Gasteiger partial charge on any atom is 0.192 e. The Balaban J connectivity index is 0.000000490. The maximum absolute atomic E-state index is 10.4. The van der Waals surface area contributed by atoms with E-state index in [2.05, 4.69) is 0 Å². The topological polar surface area (TPSA) is 20.1 Å². The van der Waals surface area contributed by atoms with E-state index in [0.717, 1.165) is 30.7 Å². The molecule has 1 aliphatic heterocycles. The number of halogens is 1. The molecule has 0 aromatic carbocycles. The number of hydrogen-bond acceptors (Lipinski definition) is 1. The van der Waals surface area contributed by atoms with Gasteiger partial charge in [0.1, 0.15) is 0 Å². The van der Waals surface area contributed by atoms with Crippen molar-refractivity contribution in [2.24, 2.45) is 0 Å². The molecule has 0 N–H and O–H groups in total. The van der Waals surface area contributed by atoms with Gasteiger partial charge in [-0.3, -0.25) is 0 Å². The minimum Gasteiger partial charge on any atom is -1.00 e. The van der Waals surface area contributed by atoms with Gasteiger partial charge in [0.15, 0.2) is 13.1 Å². The van der Waals surface area contributed by atoms with Crippen molar-refractivity contribution in [3.05, 3.63) is 4.91 Å². The Labute approximate surface area is 59.6 Å². The number of piperidine rings is 1. The van der Waals surface area contributed by atoms with Gasteiger partial charge in [-0.15, -0.1) is 0 Å². The Hall–Kier alpha value is 0.0800. The summed E-state index contributed by atoms with van der Waals surface area (Å²) in [6, 6.07) is 0. The van der Waals surface area contributed by atoms with Crippen LogP contribution in [-0.2, 0) is 0 Å². The van der Waals surface area contributed by atoms with Crippen LogP contribution in [0.2, 0.25) is 0 Å². The summed E-state index contributed by atoms with van der Waals surface area (Å²) in [6.45, 7) is 1.53. The van der Waals surface area contributed by atoms with Gasteiger partial charge in [0.2, 0.25) is 0 Å². The minimum atomic E-state index is 0. The van der Waals surface area contributed by atoms with Gasteiger partial charge in [-0.05, 0) is 11.2 Å². The highest BCUT2D eigenvalue weighted by Crippen LogP contribution is 2.01. The highest BCUT2D eigenvalue weighted by atomic mass is 79.9. The van der Waals surface area contributed by atoms with Gasteiger partial charge in [-0.25, -0.2) is 0 Å². The van der Waals surface area contributed by atoms with Gasteiger partial charge in [-0.2, -0.15) is 0 Å². The van der Waals surface area contributed by atoms with Crippen molar-refractivity contribution in [2.45, 2.75) is 19.3 Å². The van der Waals surface area contributed by atoms with E-state index in [4.69, 9.17) is 0 Å². The van der Waals surface area contributed by atoms with Crippen LogP contribution in [0.25, 0.3) is 0 Å². The van der Waals surface area contributed by atoms with Crippen LogP contribution in [0, 0.1) is 4.91 Å². The first-order valence-electron chi connectivity index (χ1n) is 2.82. The molecule has 1 saturated heterocycles. The standard InChI is InChI=1S/C5H10NO.BrH/c7-6-4-2-1-3-5-6;/h1-5H2;1H/q+1;/p-1. The Morgan fingerprint density at radius 3 is 1.75 bits per heavy atom. The quantitative estimate of drug-likeness (QED) is 0.393. The highest BCUT2D eigenvalue weighted by Gasteiger charge is 2.12. The minimum absolute atomic E-state index is 0. The molecule has 0 aliphatic carbocycles. The van der Waals surface area contributed by atoms with Crippen molar-refractivity contribution in [3.8, 4) is 0 Å². The van der Waals surface area contributed by atoms with Crippen LogP contribution in [-0.4, -0.2) is 17.8 Å². The normalized spacial score (nSPS) is 19.8. The number of nitroso groups, excluding NO2 is 1. The second-order valence-corrected chi connectivity index (χ2v) is 1.99. The Morgan fingerprint density at radius 2 is 1.50 bits per heavy atom. The van der Waals surface area contributed by atoms with E-state index in [0.29, 0.717) is 0 Å². The van der Waals surface area contributed by atoms with Gasteiger partial charge in [-0.1, -0.05) is 0 Å². The molecule has 0 bridgehead atoms. The third-order valence-electron chi connectivity index (χ3n) is 1.32. The lowest BCUT2D eigenvalue weighted by Crippen LogP contribution is -3.00. The average molecular weight is 180 g/mol. The van der Waals surface area contributed by atoms with Gasteiger partial charge in [0.25, 0.3) is 0 Å². The van der Waals surface area contributed by atoms with Crippen LogP contribution in [0.5, 0.6) is 0 Å². The monoisotopic (exact) mass is 179 g/mol. The van der Waals surface area contributed by atoms with E-state index >= 15 is 0 Å². The van der Waals surface area contributed by atoms with Crippen LogP contribution in [0.1, 0.15) is 19.3 Å². The number of hydrogen-bond donors (Lipinski definition) is 0. The maximum atomic E-state index is 10.4. The Kier molecular flexibility index (Phi) is 4.05. The summed E-state index contributed by atoms with van der Waals surface area (Å²) in [5.74, 6) is 0. The first-order chi connectivity index (χ1) is 3.39. The Bertz CT molecular complexity index is 76.5. The van der Waals surface area contributed by atoms with Crippen molar-refractivity contribution in [3.63, 3.8) is 0 Å². The Morgan fingerprint density at radius 1 is 1.00 bits per heavy atom. The molecule has 3 heteroatoms.